The van der Waals surface area contributed by atoms with Gasteiger partial charge in [-0.15, -0.1) is 0 Å². The monoisotopic (exact) mass is 975 g/mol. The highest BCUT2D eigenvalue weighted by Crippen LogP contribution is 2.16. The van der Waals surface area contributed by atoms with E-state index in [0.29, 0.717) is 19.4 Å². The van der Waals surface area contributed by atoms with Gasteiger partial charge in [-0.3, -0.25) is 9.59 Å². The van der Waals surface area contributed by atoms with Gasteiger partial charge in [-0.1, -0.05) is 266 Å². The summed E-state index contributed by atoms with van der Waals surface area (Å²) in [4.78, 5) is 25.6. The maximum atomic E-state index is 12.9. The normalized spacial score (nSPS) is 12.8. The molecule has 0 amide bonds. The minimum absolute atomic E-state index is 0.0700. The zero-order valence-electron chi connectivity index (χ0n) is 46.5. The number of esters is 2. The third-order valence-electron chi connectivity index (χ3n) is 12.9. The van der Waals surface area contributed by atoms with Gasteiger partial charge >= 0.3 is 11.9 Å². The number of unbranched alkanes of at least 4 members (excludes halogenated alkanes) is 30. The number of ether oxygens (including phenoxy) is 3. The molecule has 1 atom stereocenters. The third-order valence-corrected chi connectivity index (χ3v) is 12.9. The van der Waals surface area contributed by atoms with Crippen molar-refractivity contribution in [2.75, 3.05) is 19.8 Å². The molecular formula is C65H114O5. The van der Waals surface area contributed by atoms with Crippen LogP contribution in [0.5, 0.6) is 0 Å². The van der Waals surface area contributed by atoms with E-state index in [0.717, 1.165) is 89.9 Å². The van der Waals surface area contributed by atoms with Crippen LogP contribution in [0.4, 0.5) is 0 Å². The predicted molar refractivity (Wildman–Crippen MR) is 307 cm³/mol. The summed E-state index contributed by atoms with van der Waals surface area (Å²) in [6.45, 7) is 7.66. The molecule has 5 heteroatoms. The maximum absolute atomic E-state index is 12.9. The first-order valence-electron chi connectivity index (χ1n) is 30.1. The van der Waals surface area contributed by atoms with Crippen molar-refractivity contribution in [3.8, 4) is 0 Å². The molecule has 0 saturated heterocycles. The van der Waals surface area contributed by atoms with Gasteiger partial charge in [-0.25, -0.2) is 0 Å². The average molecular weight is 976 g/mol. The lowest BCUT2D eigenvalue weighted by atomic mass is 10.0. The SMILES string of the molecule is CC/C=C\C/C=C\C/C=C\C/C=C\C/C=C\CCCCCCOCC(COC(=O)CCCCCCCCC/C=C\C/C=C\CCCCC)OC(=O)CCCCCCCCCCCCCCCCCCC. The second-order valence-corrected chi connectivity index (χ2v) is 19.9. The Balaban J connectivity index is 4.34. The largest absolute Gasteiger partial charge is 0.462 e. The van der Waals surface area contributed by atoms with Crippen LogP contribution in [0.3, 0.4) is 0 Å². The maximum Gasteiger partial charge on any atom is 0.306 e. The fourth-order valence-electron chi connectivity index (χ4n) is 8.45. The van der Waals surface area contributed by atoms with Crippen molar-refractivity contribution in [2.24, 2.45) is 0 Å². The van der Waals surface area contributed by atoms with Crippen LogP contribution in [0, 0.1) is 0 Å². The van der Waals surface area contributed by atoms with Crippen molar-refractivity contribution in [2.45, 2.75) is 297 Å². The van der Waals surface area contributed by atoms with Gasteiger partial charge in [0.2, 0.25) is 0 Å². The van der Waals surface area contributed by atoms with Gasteiger partial charge in [-0.2, -0.15) is 0 Å². The minimum atomic E-state index is -0.556. The molecule has 0 aromatic heterocycles. The van der Waals surface area contributed by atoms with E-state index in [2.05, 4.69) is 106 Å². The number of hydrogen-bond donors (Lipinski definition) is 0. The summed E-state index contributed by atoms with van der Waals surface area (Å²) in [5.74, 6) is -0.411. The molecule has 0 aromatic carbocycles. The highest BCUT2D eigenvalue weighted by molar-refractivity contribution is 5.70. The van der Waals surface area contributed by atoms with Gasteiger partial charge in [0, 0.05) is 19.4 Å². The van der Waals surface area contributed by atoms with E-state index in [4.69, 9.17) is 14.2 Å². The molecule has 70 heavy (non-hydrogen) atoms. The van der Waals surface area contributed by atoms with E-state index in [9.17, 15) is 9.59 Å². The summed E-state index contributed by atoms with van der Waals surface area (Å²) >= 11 is 0. The molecular weight excluding hydrogens is 861 g/mol. The van der Waals surface area contributed by atoms with Crippen molar-refractivity contribution >= 4 is 11.9 Å². The van der Waals surface area contributed by atoms with Gasteiger partial charge in [-0.05, 0) is 96.3 Å². The Hall–Kier alpha value is -2.92. The molecule has 404 valence electrons. The molecule has 0 saturated carbocycles. The summed E-state index contributed by atoms with van der Waals surface area (Å²) in [7, 11) is 0. The average Bonchev–Trinajstić information content (AvgIpc) is 3.36. The molecule has 0 spiro atoms. The fourth-order valence-corrected chi connectivity index (χ4v) is 8.45. The van der Waals surface area contributed by atoms with Crippen molar-refractivity contribution in [3.05, 3.63) is 85.1 Å². The molecule has 0 heterocycles. The van der Waals surface area contributed by atoms with E-state index in [1.165, 1.54) is 167 Å². The highest BCUT2D eigenvalue weighted by Gasteiger charge is 2.17. The Morgan fingerprint density at radius 1 is 0.329 bits per heavy atom. The van der Waals surface area contributed by atoms with Crippen LogP contribution in [0.2, 0.25) is 0 Å². The third kappa shape index (κ3) is 57.7. The van der Waals surface area contributed by atoms with Crippen molar-refractivity contribution < 1.29 is 23.8 Å². The molecule has 5 nitrogen and oxygen atoms in total. The van der Waals surface area contributed by atoms with Crippen LogP contribution in [0.15, 0.2) is 85.1 Å². The number of hydrogen-bond acceptors (Lipinski definition) is 5. The molecule has 1 unspecified atom stereocenters. The molecule has 0 aliphatic rings. The van der Waals surface area contributed by atoms with Crippen molar-refractivity contribution in [1.82, 2.24) is 0 Å². The molecule has 0 radical (unpaired) electrons. The Morgan fingerprint density at radius 3 is 1.06 bits per heavy atom. The summed E-state index contributed by atoms with van der Waals surface area (Å²) in [5, 5.41) is 0. The van der Waals surface area contributed by atoms with Gasteiger partial charge in [0.05, 0.1) is 6.61 Å². The lowest BCUT2D eigenvalue weighted by Gasteiger charge is -2.18. The summed E-state index contributed by atoms with van der Waals surface area (Å²) in [6.07, 6.45) is 80.4. The van der Waals surface area contributed by atoms with E-state index in [1.807, 2.05) is 0 Å². The molecule has 0 rings (SSSR count). The van der Waals surface area contributed by atoms with Gasteiger partial charge in [0.15, 0.2) is 6.10 Å². The van der Waals surface area contributed by atoms with Crippen LogP contribution in [0.1, 0.15) is 290 Å². The number of rotatable bonds is 55. The Bertz CT molecular complexity index is 1290. The smallest absolute Gasteiger partial charge is 0.306 e. The molecule has 0 bridgehead atoms. The van der Waals surface area contributed by atoms with Crippen LogP contribution >= 0.6 is 0 Å². The second kappa shape index (κ2) is 60.4. The standard InChI is InChI=1S/C65H114O5/c1-4-7-10-13-16-19-22-25-28-31-32-33-36-39-42-45-48-51-54-57-60-68-61-63(70-65(67)59-56-53-50-47-44-41-38-35-30-27-24-21-18-15-12-9-6-3)62-69-64(66)58-55-52-49-46-43-40-37-34-29-26-23-20-17-14-11-8-5-2/h7,10,16-17,19-20,25-26,28-29,32-33,39,42,63H,4-6,8-9,11-15,18,21-24,27,30-31,34-38,40-41,43-62H2,1-3H3/b10-7-,19-16-,20-17-,28-25-,29-26-,33-32-,42-39-. The lowest BCUT2D eigenvalue weighted by Crippen LogP contribution is -2.30. The first-order valence-corrected chi connectivity index (χ1v) is 30.1. The molecule has 0 fully saturated rings. The van der Waals surface area contributed by atoms with E-state index < -0.39 is 6.10 Å². The molecule has 0 N–H and O–H groups in total. The van der Waals surface area contributed by atoms with Gasteiger partial charge < -0.3 is 14.2 Å². The number of allylic oxidation sites excluding steroid dienone is 14. The van der Waals surface area contributed by atoms with Crippen molar-refractivity contribution in [3.63, 3.8) is 0 Å². The van der Waals surface area contributed by atoms with Crippen LogP contribution in [-0.2, 0) is 23.8 Å². The molecule has 0 aliphatic carbocycles. The second-order valence-electron chi connectivity index (χ2n) is 19.9. The quantitative estimate of drug-likeness (QED) is 0.0345. The number of carbonyl (C=O) groups excluding carboxylic acids is 2. The van der Waals surface area contributed by atoms with E-state index in [1.54, 1.807) is 0 Å². The molecule has 0 aliphatic heterocycles. The first-order chi connectivity index (χ1) is 34.6. The van der Waals surface area contributed by atoms with E-state index in [-0.39, 0.29) is 25.2 Å². The number of carbonyl (C=O) groups is 2. The zero-order chi connectivity index (χ0) is 50.6. The Morgan fingerprint density at radius 2 is 0.643 bits per heavy atom. The lowest BCUT2D eigenvalue weighted by molar-refractivity contribution is -0.163. The first kappa shape index (κ1) is 67.1. The molecule has 0 aromatic rings. The summed E-state index contributed by atoms with van der Waals surface area (Å²) in [5.41, 5.74) is 0. The van der Waals surface area contributed by atoms with Crippen molar-refractivity contribution in [1.29, 1.82) is 0 Å². The summed E-state index contributed by atoms with van der Waals surface area (Å²) in [6, 6.07) is 0. The predicted octanol–water partition coefficient (Wildman–Crippen LogP) is 20.8. The summed E-state index contributed by atoms with van der Waals surface area (Å²) < 4.78 is 17.5. The topological polar surface area (TPSA) is 61.8 Å². The fraction of sp³-hybridized carbons (Fsp3) is 0.754. The Labute approximate surface area is 435 Å². The van der Waals surface area contributed by atoms with Gasteiger partial charge in [0.1, 0.15) is 6.61 Å². The highest BCUT2D eigenvalue weighted by atomic mass is 16.6. The van der Waals surface area contributed by atoms with Crippen LogP contribution in [0.25, 0.3) is 0 Å². The van der Waals surface area contributed by atoms with Gasteiger partial charge in [0.25, 0.3) is 0 Å². The zero-order valence-corrected chi connectivity index (χ0v) is 46.5. The van der Waals surface area contributed by atoms with Crippen LogP contribution < -0.4 is 0 Å². The van der Waals surface area contributed by atoms with Crippen LogP contribution in [-0.4, -0.2) is 37.9 Å². The Kier molecular flexibility index (Phi) is 57.9. The van der Waals surface area contributed by atoms with E-state index >= 15 is 0 Å². The minimum Gasteiger partial charge on any atom is -0.462 e.